The van der Waals surface area contributed by atoms with Crippen molar-refractivity contribution >= 4 is 27.1 Å². The molecular weight excluding hydrogens is 348 g/mol. The van der Waals surface area contributed by atoms with E-state index >= 15 is 0 Å². The third-order valence-corrected chi connectivity index (χ3v) is 4.63. The predicted octanol–water partition coefficient (Wildman–Crippen LogP) is 1.53. The lowest BCUT2D eigenvalue weighted by Gasteiger charge is -2.06. The van der Waals surface area contributed by atoms with Gasteiger partial charge in [-0.25, -0.2) is 22.6 Å². The highest BCUT2D eigenvalue weighted by molar-refractivity contribution is 7.89. The van der Waals surface area contributed by atoms with Gasteiger partial charge in [-0.1, -0.05) is 17.3 Å². The zero-order chi connectivity index (χ0) is 18.0. The summed E-state index contributed by atoms with van der Waals surface area (Å²) in [6, 6.07) is 11.9. The van der Waals surface area contributed by atoms with Gasteiger partial charge >= 0.3 is 6.09 Å². The summed E-state index contributed by atoms with van der Waals surface area (Å²) in [6.07, 6.45) is -1.61. The smallest absolute Gasteiger partial charge is 0.418 e. The van der Waals surface area contributed by atoms with Crippen LogP contribution in [0.3, 0.4) is 0 Å². The quantitative estimate of drug-likeness (QED) is 0.705. The van der Waals surface area contributed by atoms with E-state index in [0.29, 0.717) is 22.5 Å². The molecule has 0 aliphatic rings. The molecule has 0 saturated heterocycles. The number of sulfonamides is 1. The van der Waals surface area contributed by atoms with Crippen molar-refractivity contribution in [3.63, 3.8) is 0 Å². The summed E-state index contributed by atoms with van der Waals surface area (Å²) >= 11 is 0. The number of fused-ring (bicyclic) bond motifs is 1. The lowest BCUT2D eigenvalue weighted by molar-refractivity contribution is 0.201. The fraction of sp³-hybridized carbons (Fsp3) is 0.133. The first kappa shape index (κ1) is 16.7. The van der Waals surface area contributed by atoms with Gasteiger partial charge in [0.05, 0.1) is 24.1 Å². The van der Waals surface area contributed by atoms with Crippen LogP contribution in [0.4, 0.5) is 4.79 Å². The number of amides is 1. The van der Waals surface area contributed by atoms with Crippen molar-refractivity contribution in [2.24, 2.45) is 0 Å². The molecule has 2 aromatic carbocycles. The first-order valence-electron chi connectivity index (χ1n) is 7.10. The molecule has 1 heterocycles. The number of carbonyl (C=O) groups is 1. The summed E-state index contributed by atoms with van der Waals surface area (Å²) in [6.45, 7) is 0. The molecule has 1 amide bonds. The van der Waals surface area contributed by atoms with Crippen LogP contribution in [-0.2, 0) is 15.8 Å². The van der Waals surface area contributed by atoms with Gasteiger partial charge in [-0.2, -0.15) is 0 Å². The van der Waals surface area contributed by atoms with E-state index in [1.54, 1.807) is 48.2 Å². The molecule has 0 saturated carbocycles. The van der Waals surface area contributed by atoms with E-state index in [1.807, 2.05) is 6.07 Å². The van der Waals surface area contributed by atoms with Crippen LogP contribution in [0, 0.1) is 0 Å². The van der Waals surface area contributed by atoms with Gasteiger partial charge in [-0.05, 0) is 29.8 Å². The second-order valence-electron chi connectivity index (χ2n) is 5.19. The van der Waals surface area contributed by atoms with Gasteiger partial charge < -0.3 is 9.84 Å². The van der Waals surface area contributed by atoms with E-state index in [1.165, 1.54) is 4.72 Å². The molecule has 1 aromatic heterocycles. The molecular formula is C15H14N4O5S. The van der Waals surface area contributed by atoms with E-state index in [9.17, 15) is 13.2 Å². The molecule has 0 aliphatic carbocycles. The van der Waals surface area contributed by atoms with E-state index in [-0.39, 0.29) is 0 Å². The summed E-state index contributed by atoms with van der Waals surface area (Å²) in [5.41, 5.74) is 2.58. The molecule has 10 heteroatoms. The van der Waals surface area contributed by atoms with E-state index in [2.05, 4.69) is 10.3 Å². The maximum absolute atomic E-state index is 11.6. The Morgan fingerprint density at radius 3 is 2.60 bits per heavy atom. The Balaban J connectivity index is 1.87. The summed E-state index contributed by atoms with van der Waals surface area (Å²) in [5.74, 6) is 0.237. The molecule has 130 valence electrons. The van der Waals surface area contributed by atoms with Crippen LogP contribution in [0.2, 0.25) is 0 Å². The van der Waals surface area contributed by atoms with Gasteiger partial charge in [0.2, 0.25) is 10.0 Å². The third-order valence-electron chi connectivity index (χ3n) is 3.43. The summed E-state index contributed by atoms with van der Waals surface area (Å²) in [4.78, 5) is 10.5. The fourth-order valence-corrected chi connectivity index (χ4v) is 3.31. The van der Waals surface area contributed by atoms with Crippen molar-refractivity contribution in [2.75, 3.05) is 7.11 Å². The topological polar surface area (TPSA) is 123 Å². The fourth-order valence-electron chi connectivity index (χ4n) is 2.34. The molecule has 0 radical (unpaired) electrons. The summed E-state index contributed by atoms with van der Waals surface area (Å²) < 4.78 is 31.5. The maximum Gasteiger partial charge on any atom is 0.418 e. The Kier molecular flexibility index (Phi) is 4.28. The predicted molar refractivity (Wildman–Crippen MR) is 89.2 cm³/mol. The maximum atomic E-state index is 11.6. The molecule has 0 spiro atoms. The van der Waals surface area contributed by atoms with Crippen LogP contribution in [-0.4, -0.2) is 41.7 Å². The normalized spacial score (nSPS) is 11.4. The van der Waals surface area contributed by atoms with Gasteiger partial charge in [0.1, 0.15) is 11.3 Å². The number of nitrogens with zero attached hydrogens (tertiary/aromatic N) is 3. The molecule has 9 nitrogen and oxygen atoms in total. The Morgan fingerprint density at radius 2 is 1.96 bits per heavy atom. The van der Waals surface area contributed by atoms with Crippen LogP contribution in [0.5, 0.6) is 5.75 Å². The molecule has 0 unspecified atom stereocenters. The molecule has 2 N–H and O–H groups in total. The molecule has 25 heavy (non-hydrogen) atoms. The average molecular weight is 362 g/mol. The van der Waals surface area contributed by atoms with Crippen molar-refractivity contribution in [2.45, 2.75) is 5.75 Å². The average Bonchev–Trinajstić information content (AvgIpc) is 2.97. The minimum Gasteiger partial charge on any atom is -0.497 e. The monoisotopic (exact) mass is 362 g/mol. The van der Waals surface area contributed by atoms with Crippen molar-refractivity contribution in [3.8, 4) is 11.4 Å². The van der Waals surface area contributed by atoms with Gasteiger partial charge in [0.25, 0.3) is 0 Å². The van der Waals surface area contributed by atoms with Gasteiger partial charge in [-0.3, -0.25) is 0 Å². The molecule has 3 aromatic rings. The number of ether oxygens (including phenoxy) is 1. The van der Waals surface area contributed by atoms with Crippen molar-refractivity contribution < 1.29 is 23.1 Å². The standard InChI is InChI=1S/C15H14N4O5S/c1-24-12-6-7-14-13(8-12)16-18-19(14)11-4-2-10(3-5-11)9-25(22,23)17-15(20)21/h2-8,17H,9H2,1H3,(H,20,21). The van der Waals surface area contributed by atoms with Crippen LogP contribution in [0.1, 0.15) is 5.56 Å². The number of hydrogen-bond donors (Lipinski definition) is 2. The van der Waals surface area contributed by atoms with E-state index in [4.69, 9.17) is 9.84 Å². The molecule has 0 bridgehead atoms. The second kappa shape index (κ2) is 6.40. The van der Waals surface area contributed by atoms with E-state index in [0.717, 1.165) is 5.52 Å². The Labute approximate surface area is 142 Å². The molecule has 0 fully saturated rings. The SMILES string of the molecule is COc1ccc2c(c1)nnn2-c1ccc(CS(=O)(=O)NC(=O)O)cc1. The summed E-state index contributed by atoms with van der Waals surface area (Å²) in [5, 5.41) is 16.7. The van der Waals surface area contributed by atoms with Crippen LogP contribution in [0.25, 0.3) is 16.7 Å². The van der Waals surface area contributed by atoms with E-state index < -0.39 is 21.9 Å². The lowest BCUT2D eigenvalue weighted by atomic mass is 10.2. The van der Waals surface area contributed by atoms with Crippen LogP contribution >= 0.6 is 0 Å². The van der Waals surface area contributed by atoms with Crippen LogP contribution in [0.15, 0.2) is 42.5 Å². The minimum atomic E-state index is -3.94. The van der Waals surface area contributed by atoms with Gasteiger partial charge in [0, 0.05) is 6.07 Å². The molecule has 0 aliphatic heterocycles. The molecule has 0 atom stereocenters. The zero-order valence-electron chi connectivity index (χ0n) is 13.1. The highest BCUT2D eigenvalue weighted by atomic mass is 32.2. The van der Waals surface area contributed by atoms with Crippen LogP contribution < -0.4 is 9.46 Å². The second-order valence-corrected chi connectivity index (χ2v) is 6.91. The third kappa shape index (κ3) is 3.69. The highest BCUT2D eigenvalue weighted by Crippen LogP contribution is 2.21. The number of methoxy groups -OCH3 is 1. The number of hydrogen-bond acceptors (Lipinski definition) is 6. The van der Waals surface area contributed by atoms with Gasteiger partial charge in [0.15, 0.2) is 0 Å². The lowest BCUT2D eigenvalue weighted by Crippen LogP contribution is -2.29. The Bertz CT molecular complexity index is 1030. The zero-order valence-corrected chi connectivity index (χ0v) is 13.9. The first-order valence-corrected chi connectivity index (χ1v) is 8.75. The van der Waals surface area contributed by atoms with Crippen molar-refractivity contribution in [1.82, 2.24) is 19.7 Å². The summed E-state index contributed by atoms with van der Waals surface area (Å²) in [7, 11) is -2.37. The number of nitrogens with one attached hydrogen (secondary N) is 1. The Hall–Kier alpha value is -3.14. The van der Waals surface area contributed by atoms with Crippen molar-refractivity contribution in [1.29, 1.82) is 0 Å². The van der Waals surface area contributed by atoms with Crippen molar-refractivity contribution in [3.05, 3.63) is 48.0 Å². The largest absolute Gasteiger partial charge is 0.497 e. The number of benzene rings is 2. The number of carboxylic acid groups (broad SMARTS) is 1. The number of aromatic nitrogens is 3. The number of rotatable bonds is 5. The highest BCUT2D eigenvalue weighted by Gasteiger charge is 2.15. The minimum absolute atomic E-state index is 0.436. The molecule has 3 rings (SSSR count). The van der Waals surface area contributed by atoms with Gasteiger partial charge in [-0.15, -0.1) is 5.10 Å². The Morgan fingerprint density at radius 1 is 1.24 bits per heavy atom. The first-order chi connectivity index (χ1) is 11.9.